The molecule has 1 heterocycles. The Morgan fingerprint density at radius 2 is 1.58 bits per heavy atom. The van der Waals surface area contributed by atoms with Crippen LogP contribution in [0.1, 0.15) is 43.2 Å². The number of carbonyl (C=O) groups is 1. The Balaban J connectivity index is 1.16. The van der Waals surface area contributed by atoms with E-state index in [9.17, 15) is 9.00 Å². The highest BCUT2D eigenvalue weighted by Gasteiger charge is 2.36. The molecule has 1 aromatic carbocycles. The van der Waals surface area contributed by atoms with Gasteiger partial charge in [0.25, 0.3) is 0 Å². The zero-order valence-corrected chi connectivity index (χ0v) is 23.5. The van der Waals surface area contributed by atoms with Crippen molar-refractivity contribution >= 4 is 16.9 Å². The number of ether oxygens (including phenoxy) is 2. The first kappa shape index (κ1) is 27.5. The van der Waals surface area contributed by atoms with Crippen LogP contribution in [0.3, 0.4) is 0 Å². The lowest BCUT2D eigenvalue weighted by molar-refractivity contribution is -0.136. The highest BCUT2D eigenvalue weighted by atomic mass is 32.2. The van der Waals surface area contributed by atoms with Crippen LogP contribution >= 0.6 is 0 Å². The largest absolute Gasteiger partial charge is 0.497 e. The van der Waals surface area contributed by atoms with E-state index in [2.05, 4.69) is 9.80 Å². The number of benzene rings is 1. The third kappa shape index (κ3) is 6.67. The summed E-state index contributed by atoms with van der Waals surface area (Å²) in [5, 5.41) is 0. The van der Waals surface area contributed by atoms with Gasteiger partial charge in [-0.2, -0.15) is 0 Å². The maximum absolute atomic E-state index is 13.1. The number of amides is 1. The molecule has 2 aliphatic carbocycles. The molecule has 2 saturated carbocycles. The highest BCUT2D eigenvalue weighted by Crippen LogP contribution is 2.31. The van der Waals surface area contributed by atoms with Crippen molar-refractivity contribution in [2.24, 2.45) is 0 Å². The zero-order valence-electron chi connectivity index (χ0n) is 22.7. The first-order valence-corrected chi connectivity index (χ1v) is 14.5. The predicted octanol–water partition coefficient (Wildman–Crippen LogP) is 2.44. The predicted molar refractivity (Wildman–Crippen MR) is 143 cm³/mol. The van der Waals surface area contributed by atoms with Gasteiger partial charge in [0.1, 0.15) is 23.3 Å². The quantitative estimate of drug-likeness (QED) is 0.418. The molecule has 1 saturated heterocycles. The van der Waals surface area contributed by atoms with Crippen LogP contribution in [0.25, 0.3) is 0 Å². The molecule has 3 fully saturated rings. The van der Waals surface area contributed by atoms with Crippen molar-refractivity contribution in [3.63, 3.8) is 0 Å². The van der Waals surface area contributed by atoms with E-state index in [0.717, 1.165) is 40.7 Å². The standard InChI is InChI=1S/C27H44N4O4S/c1-20-16-25(34-5)17-21(2)27(20)36(33)28(3)14-15-35-19-26(32)29(4)23-8-9-24(18-23)31-12-10-30(11-13-31)22-6-7-22/h16-17,22-24H,6-15,18-19H2,1-5H3/t23-,24+,36?/m1/s1. The van der Waals surface area contributed by atoms with E-state index in [1.54, 1.807) is 11.4 Å². The van der Waals surface area contributed by atoms with Gasteiger partial charge in [-0.25, -0.2) is 8.51 Å². The SMILES string of the molecule is COc1cc(C)c(S(=O)N(C)CCOCC(=O)N(C)[C@@H]2CC[C@H](N3CCN(C4CC4)CC3)C2)c(C)c1. The summed E-state index contributed by atoms with van der Waals surface area (Å²) in [6, 6.07) is 5.56. The molecule has 1 aromatic rings. The Morgan fingerprint density at radius 1 is 1.00 bits per heavy atom. The van der Waals surface area contributed by atoms with Crippen LogP contribution in [-0.4, -0.2) is 114 Å². The maximum Gasteiger partial charge on any atom is 0.248 e. The Kier molecular flexibility index (Phi) is 9.44. The lowest BCUT2D eigenvalue weighted by atomic mass is 10.1. The van der Waals surface area contributed by atoms with Crippen molar-refractivity contribution in [3.05, 3.63) is 23.3 Å². The average molecular weight is 521 g/mol. The van der Waals surface area contributed by atoms with Gasteiger partial charge in [-0.15, -0.1) is 0 Å². The number of aryl methyl sites for hydroxylation is 2. The minimum absolute atomic E-state index is 0.0322. The lowest BCUT2D eigenvalue weighted by Crippen LogP contribution is -2.50. The van der Waals surface area contributed by atoms with Crippen LogP contribution in [0.15, 0.2) is 17.0 Å². The molecule has 1 amide bonds. The van der Waals surface area contributed by atoms with Crippen molar-refractivity contribution in [3.8, 4) is 5.75 Å². The van der Waals surface area contributed by atoms with E-state index in [-0.39, 0.29) is 12.5 Å². The van der Waals surface area contributed by atoms with Gasteiger partial charge >= 0.3 is 0 Å². The van der Waals surface area contributed by atoms with Crippen molar-refractivity contribution < 1.29 is 18.5 Å². The molecule has 3 atom stereocenters. The molecule has 3 aliphatic rings. The van der Waals surface area contributed by atoms with Gasteiger partial charge in [0, 0.05) is 64.9 Å². The summed E-state index contributed by atoms with van der Waals surface area (Å²) < 4.78 is 25.9. The number of likely N-dealkylation sites (N-methyl/N-ethyl adjacent to an activating group) is 2. The van der Waals surface area contributed by atoms with E-state index in [1.165, 1.54) is 45.4 Å². The van der Waals surface area contributed by atoms with Gasteiger partial charge in [0.05, 0.1) is 18.6 Å². The fraction of sp³-hybridized carbons (Fsp3) is 0.741. The molecule has 0 N–H and O–H groups in total. The molecule has 0 spiro atoms. The van der Waals surface area contributed by atoms with Crippen molar-refractivity contribution in [1.29, 1.82) is 0 Å². The number of carbonyl (C=O) groups excluding carboxylic acids is 1. The Morgan fingerprint density at radius 3 is 2.17 bits per heavy atom. The summed E-state index contributed by atoms with van der Waals surface area (Å²) in [4.78, 5) is 20.8. The minimum Gasteiger partial charge on any atom is -0.497 e. The third-order valence-electron chi connectivity index (χ3n) is 8.15. The van der Waals surface area contributed by atoms with Crippen molar-refractivity contribution in [2.45, 2.75) is 69.0 Å². The summed E-state index contributed by atoms with van der Waals surface area (Å²) >= 11 is 0. The molecule has 4 rings (SSSR count). The first-order valence-electron chi connectivity index (χ1n) is 13.4. The van der Waals surface area contributed by atoms with Gasteiger partial charge in [-0.05, 0) is 69.2 Å². The second-order valence-corrected chi connectivity index (χ2v) is 12.2. The Labute approximate surface area is 219 Å². The van der Waals surface area contributed by atoms with E-state index >= 15 is 0 Å². The monoisotopic (exact) mass is 520 g/mol. The number of nitrogens with zero attached hydrogens (tertiary/aromatic N) is 4. The number of hydrogen-bond acceptors (Lipinski definition) is 6. The molecule has 1 unspecified atom stereocenters. The topological polar surface area (TPSA) is 65.6 Å². The third-order valence-corrected chi connectivity index (χ3v) is 9.89. The van der Waals surface area contributed by atoms with Crippen LogP contribution in [0.4, 0.5) is 0 Å². The number of hydrogen-bond donors (Lipinski definition) is 0. The average Bonchev–Trinajstić information content (AvgIpc) is 3.61. The van der Waals surface area contributed by atoms with Gasteiger partial charge in [0.15, 0.2) is 0 Å². The molecule has 36 heavy (non-hydrogen) atoms. The van der Waals surface area contributed by atoms with Crippen LogP contribution in [0.5, 0.6) is 5.75 Å². The van der Waals surface area contributed by atoms with Crippen LogP contribution in [-0.2, 0) is 20.5 Å². The number of rotatable bonds is 11. The van der Waals surface area contributed by atoms with Gasteiger partial charge < -0.3 is 14.4 Å². The second-order valence-electron chi connectivity index (χ2n) is 10.7. The summed E-state index contributed by atoms with van der Waals surface area (Å²) in [5.74, 6) is 0.800. The molecular weight excluding hydrogens is 476 g/mol. The summed E-state index contributed by atoms with van der Waals surface area (Å²) in [6.45, 7) is 9.53. The van der Waals surface area contributed by atoms with Gasteiger partial charge in [0.2, 0.25) is 5.91 Å². The molecule has 1 aliphatic heterocycles. The number of methoxy groups -OCH3 is 1. The maximum atomic E-state index is 13.1. The van der Waals surface area contributed by atoms with Crippen LogP contribution in [0.2, 0.25) is 0 Å². The molecule has 8 nitrogen and oxygen atoms in total. The molecule has 0 aromatic heterocycles. The van der Waals surface area contributed by atoms with Gasteiger partial charge in [-0.3, -0.25) is 14.6 Å². The van der Waals surface area contributed by atoms with Crippen molar-refractivity contribution in [2.75, 3.05) is 67.1 Å². The van der Waals surface area contributed by atoms with E-state index in [4.69, 9.17) is 9.47 Å². The zero-order chi connectivity index (χ0) is 25.8. The van der Waals surface area contributed by atoms with E-state index < -0.39 is 11.0 Å². The second kappa shape index (κ2) is 12.3. The molecule has 202 valence electrons. The van der Waals surface area contributed by atoms with E-state index in [1.807, 2.05) is 45.0 Å². The summed E-state index contributed by atoms with van der Waals surface area (Å²) in [7, 11) is 4.07. The van der Waals surface area contributed by atoms with Gasteiger partial charge in [-0.1, -0.05) is 0 Å². The van der Waals surface area contributed by atoms with Crippen LogP contribution < -0.4 is 4.74 Å². The molecule has 0 bridgehead atoms. The summed E-state index contributed by atoms with van der Waals surface area (Å²) in [6.07, 6.45) is 6.08. The van der Waals surface area contributed by atoms with E-state index in [0.29, 0.717) is 25.2 Å². The minimum atomic E-state index is -1.30. The fourth-order valence-corrected chi connectivity index (χ4v) is 6.95. The van der Waals surface area contributed by atoms with Crippen molar-refractivity contribution in [1.82, 2.24) is 19.0 Å². The smallest absolute Gasteiger partial charge is 0.248 e. The molecular formula is C27H44N4O4S. The Hall–Kier alpha value is -1.52. The molecule has 9 heteroatoms. The fourth-order valence-electron chi connectivity index (χ4n) is 5.73. The van der Waals surface area contributed by atoms with Crippen LogP contribution in [0, 0.1) is 13.8 Å². The normalized spacial score (nSPS) is 24.3. The number of piperazine rings is 1. The summed E-state index contributed by atoms with van der Waals surface area (Å²) in [5.41, 5.74) is 1.88. The first-order chi connectivity index (χ1) is 17.3. The lowest BCUT2D eigenvalue weighted by Gasteiger charge is -2.38. The Bertz CT molecular complexity index is 909. The molecule has 0 radical (unpaired) electrons. The highest BCUT2D eigenvalue weighted by molar-refractivity contribution is 7.82.